The third kappa shape index (κ3) is 3.39. The summed E-state index contributed by atoms with van der Waals surface area (Å²) in [4.78, 5) is 27.1. The monoisotopic (exact) mass is 282 g/mol. The Hall–Kier alpha value is -1.73. The minimum atomic E-state index is -1.02. The number of anilines is 1. The van der Waals surface area contributed by atoms with Crippen LogP contribution in [-0.4, -0.2) is 34.2 Å². The average Bonchev–Trinajstić information content (AvgIpc) is 2.97. The first-order valence-electron chi connectivity index (χ1n) is 5.82. The summed E-state index contributed by atoms with van der Waals surface area (Å²) >= 11 is 1.21. The van der Waals surface area contributed by atoms with Crippen molar-refractivity contribution in [2.45, 2.75) is 25.4 Å². The summed E-state index contributed by atoms with van der Waals surface area (Å²) in [6.07, 6.45) is 5.53. The molecule has 19 heavy (non-hydrogen) atoms. The molecule has 1 unspecified atom stereocenters. The van der Waals surface area contributed by atoms with Crippen LogP contribution < -0.4 is 5.32 Å². The molecule has 1 atom stereocenters. The van der Waals surface area contributed by atoms with E-state index in [-0.39, 0.29) is 5.91 Å². The van der Waals surface area contributed by atoms with Crippen LogP contribution in [0.4, 0.5) is 5.13 Å². The number of hydrogen-bond donors (Lipinski definition) is 2. The minimum absolute atomic E-state index is 0.215. The van der Waals surface area contributed by atoms with Crippen LogP contribution in [0.2, 0.25) is 0 Å². The Balaban J connectivity index is 2.00. The minimum Gasteiger partial charge on any atom is -0.478 e. The van der Waals surface area contributed by atoms with Gasteiger partial charge in [-0.15, -0.1) is 0 Å². The van der Waals surface area contributed by atoms with E-state index in [0.29, 0.717) is 23.0 Å². The Morgan fingerprint density at radius 1 is 1.63 bits per heavy atom. The van der Waals surface area contributed by atoms with E-state index in [1.54, 1.807) is 6.92 Å². The molecule has 2 N–H and O–H groups in total. The summed E-state index contributed by atoms with van der Waals surface area (Å²) in [7, 11) is 0. The molecule has 1 saturated heterocycles. The molecule has 1 aromatic rings. The van der Waals surface area contributed by atoms with Gasteiger partial charge >= 0.3 is 5.97 Å². The summed E-state index contributed by atoms with van der Waals surface area (Å²) in [5, 5.41) is 11.6. The molecule has 6 nitrogen and oxygen atoms in total. The van der Waals surface area contributed by atoms with Crippen LogP contribution in [0.25, 0.3) is 6.08 Å². The Morgan fingerprint density at radius 2 is 2.42 bits per heavy atom. The Kier molecular flexibility index (Phi) is 3.96. The number of aliphatic carboxylic acids is 1. The number of aromatic nitrogens is 1. The van der Waals surface area contributed by atoms with Crippen molar-refractivity contribution >= 4 is 34.4 Å². The number of nitrogens with one attached hydrogen (secondary N) is 1. The van der Waals surface area contributed by atoms with E-state index in [1.165, 1.54) is 23.6 Å². The number of carboxylic acid groups (broad SMARTS) is 1. The number of thiazole rings is 1. The van der Waals surface area contributed by atoms with Crippen LogP contribution in [0.5, 0.6) is 0 Å². The Morgan fingerprint density at radius 3 is 3.05 bits per heavy atom. The van der Waals surface area contributed by atoms with Crippen LogP contribution in [0.1, 0.15) is 24.6 Å². The first-order valence-corrected chi connectivity index (χ1v) is 6.63. The topological polar surface area (TPSA) is 88.5 Å². The van der Waals surface area contributed by atoms with Gasteiger partial charge in [0.1, 0.15) is 5.60 Å². The van der Waals surface area contributed by atoms with Crippen molar-refractivity contribution in [3.8, 4) is 0 Å². The first kappa shape index (κ1) is 13.7. The molecule has 0 aliphatic carbocycles. The normalized spacial score (nSPS) is 22.8. The van der Waals surface area contributed by atoms with Crippen molar-refractivity contribution in [3.63, 3.8) is 0 Å². The van der Waals surface area contributed by atoms with Crippen LogP contribution in [0, 0.1) is 0 Å². The van der Waals surface area contributed by atoms with Crippen molar-refractivity contribution in [1.29, 1.82) is 0 Å². The lowest BCUT2D eigenvalue weighted by Crippen LogP contribution is -2.39. The van der Waals surface area contributed by atoms with Crippen LogP contribution >= 0.6 is 11.3 Å². The molecule has 2 heterocycles. The van der Waals surface area contributed by atoms with Gasteiger partial charge in [0.25, 0.3) is 5.91 Å². The molecule has 1 aromatic heterocycles. The highest BCUT2D eigenvalue weighted by Gasteiger charge is 2.38. The molecule has 0 aromatic carbocycles. The number of hydrogen-bond acceptors (Lipinski definition) is 5. The van der Waals surface area contributed by atoms with Gasteiger partial charge in [-0.05, 0) is 25.8 Å². The van der Waals surface area contributed by atoms with Crippen molar-refractivity contribution in [2.24, 2.45) is 0 Å². The molecule has 0 saturated carbocycles. The fourth-order valence-corrected chi connectivity index (χ4v) is 2.48. The van der Waals surface area contributed by atoms with Gasteiger partial charge in [0, 0.05) is 23.8 Å². The van der Waals surface area contributed by atoms with Crippen molar-refractivity contribution in [1.82, 2.24) is 4.98 Å². The van der Waals surface area contributed by atoms with Gasteiger partial charge < -0.3 is 9.84 Å². The summed E-state index contributed by atoms with van der Waals surface area (Å²) in [6.45, 7) is 2.35. The lowest BCUT2D eigenvalue weighted by Gasteiger charge is -2.20. The van der Waals surface area contributed by atoms with E-state index in [2.05, 4.69) is 10.3 Å². The highest BCUT2D eigenvalue weighted by atomic mass is 32.1. The molecule has 1 fully saturated rings. The molecule has 2 rings (SSSR count). The quantitative estimate of drug-likeness (QED) is 0.821. The van der Waals surface area contributed by atoms with E-state index in [9.17, 15) is 9.59 Å². The maximum Gasteiger partial charge on any atom is 0.328 e. The SMILES string of the molecule is CC1(C(=O)Nc2ncc(C=CC(=O)O)s2)CCCO1. The number of carbonyl (C=O) groups excluding carboxylic acids is 1. The Bertz CT molecular complexity index is 518. The van der Waals surface area contributed by atoms with Gasteiger partial charge in [0.15, 0.2) is 5.13 Å². The Labute approximate surface area is 114 Å². The molecule has 0 bridgehead atoms. The zero-order valence-corrected chi connectivity index (χ0v) is 11.2. The molecule has 1 amide bonds. The standard InChI is InChI=1S/C12H14N2O4S/c1-12(5-2-6-18-12)10(17)14-11-13-7-8(19-11)3-4-9(15)16/h3-4,7H,2,5-6H2,1H3,(H,15,16)(H,13,14,17). The van der Waals surface area contributed by atoms with E-state index < -0.39 is 11.6 Å². The van der Waals surface area contributed by atoms with Crippen LogP contribution in [0.3, 0.4) is 0 Å². The number of carbonyl (C=O) groups is 2. The summed E-state index contributed by atoms with van der Waals surface area (Å²) in [6, 6.07) is 0. The number of amides is 1. The van der Waals surface area contributed by atoms with Gasteiger partial charge in [-0.3, -0.25) is 10.1 Å². The summed E-state index contributed by atoms with van der Waals surface area (Å²) in [5.74, 6) is -1.24. The highest BCUT2D eigenvalue weighted by molar-refractivity contribution is 7.16. The lowest BCUT2D eigenvalue weighted by atomic mass is 10.0. The second-order valence-electron chi connectivity index (χ2n) is 4.38. The zero-order valence-electron chi connectivity index (χ0n) is 10.4. The van der Waals surface area contributed by atoms with Gasteiger partial charge in [-0.1, -0.05) is 11.3 Å². The molecule has 7 heteroatoms. The predicted molar refractivity (Wildman–Crippen MR) is 71.0 cm³/mol. The van der Waals surface area contributed by atoms with Gasteiger partial charge in [-0.25, -0.2) is 9.78 Å². The molecular formula is C12H14N2O4S. The molecular weight excluding hydrogens is 268 g/mol. The van der Waals surface area contributed by atoms with E-state index in [4.69, 9.17) is 9.84 Å². The second kappa shape index (κ2) is 5.50. The maximum atomic E-state index is 12.0. The molecule has 1 aliphatic rings. The zero-order chi connectivity index (χ0) is 13.9. The summed E-state index contributed by atoms with van der Waals surface area (Å²) in [5.41, 5.74) is -0.789. The fraction of sp³-hybridized carbons (Fsp3) is 0.417. The van der Waals surface area contributed by atoms with E-state index >= 15 is 0 Å². The van der Waals surface area contributed by atoms with Crippen LogP contribution in [0.15, 0.2) is 12.3 Å². The number of ether oxygens (including phenoxy) is 1. The second-order valence-corrected chi connectivity index (χ2v) is 5.44. The maximum absolute atomic E-state index is 12.0. The smallest absolute Gasteiger partial charge is 0.328 e. The predicted octanol–water partition coefficient (Wildman–Crippen LogP) is 1.75. The summed E-state index contributed by atoms with van der Waals surface area (Å²) < 4.78 is 5.43. The third-order valence-electron chi connectivity index (χ3n) is 2.83. The molecule has 1 aliphatic heterocycles. The van der Waals surface area contributed by atoms with E-state index in [0.717, 1.165) is 12.5 Å². The van der Waals surface area contributed by atoms with Crippen molar-refractivity contribution in [2.75, 3.05) is 11.9 Å². The molecule has 102 valence electrons. The molecule has 0 spiro atoms. The highest BCUT2D eigenvalue weighted by Crippen LogP contribution is 2.27. The van der Waals surface area contributed by atoms with Gasteiger partial charge in [0.05, 0.1) is 0 Å². The van der Waals surface area contributed by atoms with Gasteiger partial charge in [-0.2, -0.15) is 0 Å². The van der Waals surface area contributed by atoms with Gasteiger partial charge in [0.2, 0.25) is 0 Å². The van der Waals surface area contributed by atoms with Crippen molar-refractivity contribution < 1.29 is 19.4 Å². The average molecular weight is 282 g/mol. The number of nitrogens with zero attached hydrogens (tertiary/aromatic N) is 1. The van der Waals surface area contributed by atoms with Crippen LogP contribution in [-0.2, 0) is 14.3 Å². The van der Waals surface area contributed by atoms with E-state index in [1.807, 2.05) is 0 Å². The number of rotatable bonds is 4. The number of carboxylic acids is 1. The largest absolute Gasteiger partial charge is 0.478 e. The lowest BCUT2D eigenvalue weighted by molar-refractivity contribution is -0.133. The fourth-order valence-electron chi connectivity index (χ4n) is 1.76. The molecule has 0 radical (unpaired) electrons. The van der Waals surface area contributed by atoms with Crippen molar-refractivity contribution in [3.05, 3.63) is 17.2 Å². The third-order valence-corrected chi connectivity index (χ3v) is 3.71. The first-order chi connectivity index (χ1) is 8.99.